The first-order valence-electron chi connectivity index (χ1n) is 13.0. The van der Waals surface area contributed by atoms with E-state index in [-0.39, 0.29) is 11.9 Å². The molecule has 4 aromatic rings. The highest BCUT2D eigenvalue weighted by Gasteiger charge is 2.25. The second-order valence-electron chi connectivity index (χ2n) is 9.81. The van der Waals surface area contributed by atoms with Crippen LogP contribution in [0, 0.1) is 12.8 Å². The average molecular weight is 520 g/mol. The zero-order valence-electron chi connectivity index (χ0n) is 21.5. The number of amides is 1. The van der Waals surface area contributed by atoms with Crippen molar-refractivity contribution in [2.45, 2.75) is 64.7 Å². The number of aryl methyl sites for hydroxylation is 1. The minimum Gasteiger partial charge on any atom is -0.496 e. The molecule has 2 atom stereocenters. The Morgan fingerprint density at radius 3 is 2.78 bits per heavy atom. The molecule has 5 rings (SSSR count). The van der Waals surface area contributed by atoms with Gasteiger partial charge in [0.2, 0.25) is 0 Å². The molecule has 194 valence electrons. The first-order chi connectivity index (χ1) is 18.1. The molecule has 0 saturated heterocycles. The Kier molecular flexibility index (Phi) is 7.69. The van der Waals surface area contributed by atoms with Crippen molar-refractivity contribution < 1.29 is 14.3 Å². The lowest BCUT2D eigenvalue weighted by atomic mass is 9.76. The number of nitrogens with zero attached hydrogens (tertiary/aromatic N) is 3. The van der Waals surface area contributed by atoms with Crippen molar-refractivity contribution in [1.82, 2.24) is 20.6 Å². The molecular formula is C28H33N5O3S. The molecule has 2 aromatic carbocycles. The Morgan fingerprint density at radius 2 is 2.05 bits per heavy atom. The van der Waals surface area contributed by atoms with Crippen LogP contribution in [0.5, 0.6) is 17.2 Å². The summed E-state index contributed by atoms with van der Waals surface area (Å²) in [5, 5.41) is 17.0. The summed E-state index contributed by atoms with van der Waals surface area (Å²) in [4.78, 5) is 13.6. The van der Waals surface area contributed by atoms with E-state index in [0.29, 0.717) is 22.3 Å². The van der Waals surface area contributed by atoms with Gasteiger partial charge in [-0.3, -0.25) is 10.1 Å². The first-order valence-corrected chi connectivity index (χ1v) is 13.8. The standard InChI is InChI=1S/C28H33N5O3S/c1-4-5-7-18-8-6-9-20(15-18)19-10-12-21(13-11-19)36-25-22-16-23(35-3)17(2)14-24(22)37-26(25)27(34)29-28-30-32-33-31-28/h10-14,16,18,20H,4-9,15H2,1-3H3,(H2,29,30,31,32,33,34). The summed E-state index contributed by atoms with van der Waals surface area (Å²) in [6.07, 6.45) is 9.12. The van der Waals surface area contributed by atoms with Gasteiger partial charge in [0.15, 0.2) is 5.75 Å². The highest BCUT2D eigenvalue weighted by atomic mass is 32.1. The number of anilines is 1. The number of hydrogen-bond acceptors (Lipinski definition) is 7. The van der Waals surface area contributed by atoms with Crippen LogP contribution in [0.3, 0.4) is 0 Å². The number of benzene rings is 2. The lowest BCUT2D eigenvalue weighted by Gasteiger charge is -2.29. The van der Waals surface area contributed by atoms with Crippen molar-refractivity contribution in [3.8, 4) is 17.2 Å². The quantitative estimate of drug-likeness (QED) is 0.242. The van der Waals surface area contributed by atoms with E-state index in [1.165, 1.54) is 61.8 Å². The molecule has 1 amide bonds. The Labute approximate surface area is 220 Å². The molecule has 0 radical (unpaired) electrons. The number of carbonyl (C=O) groups excluding carboxylic acids is 1. The maximum Gasteiger partial charge on any atom is 0.272 e. The zero-order valence-corrected chi connectivity index (χ0v) is 22.4. The number of fused-ring (bicyclic) bond motifs is 1. The molecule has 0 bridgehead atoms. The number of thiophene rings is 1. The fourth-order valence-corrected chi connectivity index (χ4v) is 6.43. The predicted octanol–water partition coefficient (Wildman–Crippen LogP) is 7.24. The molecule has 0 aliphatic heterocycles. The van der Waals surface area contributed by atoms with Gasteiger partial charge < -0.3 is 9.47 Å². The summed E-state index contributed by atoms with van der Waals surface area (Å²) in [5.74, 6) is 3.12. The van der Waals surface area contributed by atoms with Crippen LogP contribution in [0.25, 0.3) is 10.1 Å². The van der Waals surface area contributed by atoms with Gasteiger partial charge in [-0.05, 0) is 72.2 Å². The summed E-state index contributed by atoms with van der Waals surface area (Å²) in [6.45, 7) is 4.25. The maximum atomic E-state index is 13.2. The zero-order chi connectivity index (χ0) is 25.8. The normalized spacial score (nSPS) is 17.6. The minimum absolute atomic E-state index is 0.108. The van der Waals surface area contributed by atoms with Crippen molar-refractivity contribution >= 4 is 33.3 Å². The summed E-state index contributed by atoms with van der Waals surface area (Å²) < 4.78 is 12.9. The topological polar surface area (TPSA) is 102 Å². The van der Waals surface area contributed by atoms with E-state index < -0.39 is 0 Å². The second-order valence-corrected chi connectivity index (χ2v) is 10.9. The lowest BCUT2D eigenvalue weighted by molar-refractivity contribution is 0.102. The van der Waals surface area contributed by atoms with Crippen LogP contribution >= 0.6 is 11.3 Å². The fraction of sp³-hybridized carbons (Fsp3) is 0.429. The molecule has 37 heavy (non-hydrogen) atoms. The third kappa shape index (κ3) is 5.61. The lowest BCUT2D eigenvalue weighted by Crippen LogP contribution is -2.14. The minimum atomic E-state index is -0.355. The van der Waals surface area contributed by atoms with E-state index in [2.05, 4.69) is 45.0 Å². The van der Waals surface area contributed by atoms with Crippen molar-refractivity contribution in [1.29, 1.82) is 0 Å². The van der Waals surface area contributed by atoms with Crippen LogP contribution in [0.15, 0.2) is 36.4 Å². The highest BCUT2D eigenvalue weighted by Crippen LogP contribution is 2.44. The van der Waals surface area contributed by atoms with E-state index in [4.69, 9.17) is 9.47 Å². The second kappa shape index (κ2) is 11.3. The van der Waals surface area contributed by atoms with E-state index in [9.17, 15) is 4.79 Å². The summed E-state index contributed by atoms with van der Waals surface area (Å²) in [5.41, 5.74) is 2.36. The summed E-state index contributed by atoms with van der Waals surface area (Å²) in [6, 6.07) is 12.3. The molecular weight excluding hydrogens is 486 g/mol. The number of unbranched alkanes of at least 4 members (excludes halogenated alkanes) is 1. The van der Waals surface area contributed by atoms with Gasteiger partial charge in [-0.2, -0.15) is 5.21 Å². The number of hydrogen-bond donors (Lipinski definition) is 2. The van der Waals surface area contributed by atoms with E-state index in [1.54, 1.807) is 7.11 Å². The number of nitrogens with one attached hydrogen (secondary N) is 2. The number of carbonyl (C=O) groups is 1. The smallest absolute Gasteiger partial charge is 0.272 e. The third-order valence-corrected chi connectivity index (χ3v) is 8.39. The van der Waals surface area contributed by atoms with Gasteiger partial charge in [0.05, 0.1) is 7.11 Å². The van der Waals surface area contributed by atoms with Crippen molar-refractivity contribution in [3.05, 3.63) is 52.4 Å². The number of tetrazole rings is 1. The van der Waals surface area contributed by atoms with Crippen LogP contribution < -0.4 is 14.8 Å². The largest absolute Gasteiger partial charge is 0.496 e. The molecule has 2 N–H and O–H groups in total. The van der Waals surface area contributed by atoms with Gasteiger partial charge in [-0.1, -0.05) is 56.3 Å². The van der Waals surface area contributed by atoms with Crippen LogP contribution in [0.4, 0.5) is 5.95 Å². The molecule has 1 saturated carbocycles. The Bertz CT molecular complexity index is 1350. The van der Waals surface area contributed by atoms with Gasteiger partial charge in [0.25, 0.3) is 11.9 Å². The monoisotopic (exact) mass is 519 g/mol. The first kappa shape index (κ1) is 25.2. The molecule has 2 unspecified atom stereocenters. The molecule has 1 fully saturated rings. The van der Waals surface area contributed by atoms with Crippen LogP contribution in [0.1, 0.15) is 78.6 Å². The van der Waals surface area contributed by atoms with Gasteiger partial charge >= 0.3 is 0 Å². The number of methoxy groups -OCH3 is 1. The van der Waals surface area contributed by atoms with Gasteiger partial charge in [-0.25, -0.2) is 0 Å². The fourth-order valence-electron chi connectivity index (χ4n) is 5.32. The molecule has 2 aromatic heterocycles. The van der Waals surface area contributed by atoms with Crippen molar-refractivity contribution in [3.63, 3.8) is 0 Å². The number of H-pyrrole nitrogens is 1. The summed E-state index contributed by atoms with van der Waals surface area (Å²) >= 11 is 1.36. The predicted molar refractivity (Wildman–Crippen MR) is 146 cm³/mol. The number of rotatable bonds is 9. The maximum absolute atomic E-state index is 13.2. The van der Waals surface area contributed by atoms with Gasteiger partial charge in [0, 0.05) is 10.1 Å². The molecule has 0 spiro atoms. The van der Waals surface area contributed by atoms with E-state index in [1.807, 2.05) is 31.2 Å². The molecule has 9 heteroatoms. The van der Waals surface area contributed by atoms with Crippen LogP contribution in [-0.4, -0.2) is 33.6 Å². The Balaban J connectivity index is 1.41. The van der Waals surface area contributed by atoms with Gasteiger partial charge in [-0.15, -0.1) is 16.4 Å². The number of aromatic nitrogens is 4. The Morgan fingerprint density at radius 1 is 1.22 bits per heavy atom. The number of aromatic amines is 1. The number of ether oxygens (including phenoxy) is 2. The van der Waals surface area contributed by atoms with Crippen LogP contribution in [-0.2, 0) is 0 Å². The SMILES string of the molecule is CCCCC1CCCC(c2ccc(Oc3c(C(=O)Nc4nn[nH]n4)sc4cc(C)c(OC)cc34)cc2)C1. The third-order valence-electron chi connectivity index (χ3n) is 7.26. The van der Waals surface area contributed by atoms with Crippen molar-refractivity contribution in [2.75, 3.05) is 12.4 Å². The average Bonchev–Trinajstić information content (AvgIpc) is 3.55. The van der Waals surface area contributed by atoms with Crippen LogP contribution in [0.2, 0.25) is 0 Å². The molecule has 1 aliphatic rings. The van der Waals surface area contributed by atoms with Crippen molar-refractivity contribution in [2.24, 2.45) is 5.92 Å². The molecule has 1 aliphatic carbocycles. The van der Waals surface area contributed by atoms with E-state index >= 15 is 0 Å². The molecule has 8 nitrogen and oxygen atoms in total. The Hall–Kier alpha value is -3.46. The summed E-state index contributed by atoms with van der Waals surface area (Å²) in [7, 11) is 1.64. The molecule has 2 heterocycles. The van der Waals surface area contributed by atoms with E-state index in [0.717, 1.165) is 27.3 Å². The van der Waals surface area contributed by atoms with Gasteiger partial charge in [0.1, 0.15) is 16.4 Å². The highest BCUT2D eigenvalue weighted by molar-refractivity contribution is 7.21.